The van der Waals surface area contributed by atoms with Crippen LogP contribution in [0.25, 0.3) is 0 Å². The van der Waals surface area contributed by atoms with E-state index in [1.807, 2.05) is 0 Å². The fourth-order valence-electron chi connectivity index (χ4n) is 5.72. The largest absolute Gasteiger partial charge is 0.466 e. The first kappa shape index (κ1) is 37.5. The Hall–Kier alpha value is -0.530. The number of hydrogen-bond donors (Lipinski definition) is 0. The van der Waals surface area contributed by atoms with Gasteiger partial charge in [0.05, 0.1) is 6.61 Å². The molecule has 0 saturated heterocycles. The zero-order valence-electron chi connectivity index (χ0n) is 26.8. The summed E-state index contributed by atoms with van der Waals surface area (Å²) in [6.45, 7) is 7.61. The lowest BCUT2D eigenvalue weighted by Gasteiger charge is -2.09. The summed E-state index contributed by atoms with van der Waals surface area (Å²) in [6.07, 6.45) is 40.1. The second-order valence-corrected chi connectivity index (χ2v) is 12.5. The molecule has 0 amide bonds. The standard InChI is InChI=1S/C36H72O2/c1-4-6-7-8-9-10-11-12-13-14-15-16-17-18-19-20-23-26-29-33-36(37)38-34-30-27-24-21-22-25-28-32-35(3)31-5-2/h35H,4-34H2,1-3H3. The molecule has 228 valence electrons. The van der Waals surface area contributed by atoms with E-state index in [2.05, 4.69) is 20.8 Å². The van der Waals surface area contributed by atoms with Gasteiger partial charge in [0.1, 0.15) is 0 Å². The molecule has 0 aliphatic carbocycles. The van der Waals surface area contributed by atoms with Crippen molar-refractivity contribution in [3.63, 3.8) is 0 Å². The Balaban J connectivity index is 3.16. The summed E-state index contributed by atoms with van der Waals surface area (Å²) < 4.78 is 5.43. The summed E-state index contributed by atoms with van der Waals surface area (Å²) in [4.78, 5) is 11.9. The molecule has 0 spiro atoms. The third-order valence-electron chi connectivity index (χ3n) is 8.37. The van der Waals surface area contributed by atoms with Crippen molar-refractivity contribution in [2.45, 2.75) is 213 Å². The van der Waals surface area contributed by atoms with Crippen LogP contribution in [0.3, 0.4) is 0 Å². The van der Waals surface area contributed by atoms with Crippen molar-refractivity contribution < 1.29 is 9.53 Å². The maximum atomic E-state index is 11.9. The molecule has 0 N–H and O–H groups in total. The van der Waals surface area contributed by atoms with Gasteiger partial charge < -0.3 is 4.74 Å². The Labute approximate surface area is 241 Å². The average molecular weight is 537 g/mol. The van der Waals surface area contributed by atoms with Gasteiger partial charge in [-0.1, -0.05) is 194 Å². The van der Waals surface area contributed by atoms with E-state index in [4.69, 9.17) is 4.74 Å². The van der Waals surface area contributed by atoms with E-state index in [1.54, 1.807) is 0 Å². The molecule has 2 nitrogen and oxygen atoms in total. The van der Waals surface area contributed by atoms with E-state index in [1.165, 1.54) is 173 Å². The summed E-state index contributed by atoms with van der Waals surface area (Å²) in [5, 5.41) is 0. The number of rotatable bonds is 32. The number of esters is 1. The normalized spacial score (nSPS) is 12.2. The maximum Gasteiger partial charge on any atom is 0.305 e. The number of carbonyl (C=O) groups is 1. The van der Waals surface area contributed by atoms with E-state index in [-0.39, 0.29) is 5.97 Å². The molecule has 0 aromatic rings. The fourth-order valence-corrected chi connectivity index (χ4v) is 5.72. The maximum absolute atomic E-state index is 11.9. The minimum absolute atomic E-state index is 0.0261. The van der Waals surface area contributed by atoms with E-state index in [0.29, 0.717) is 13.0 Å². The van der Waals surface area contributed by atoms with Gasteiger partial charge in [0, 0.05) is 6.42 Å². The van der Waals surface area contributed by atoms with Gasteiger partial charge in [-0.05, 0) is 18.8 Å². The minimum Gasteiger partial charge on any atom is -0.466 e. The highest BCUT2D eigenvalue weighted by Gasteiger charge is 2.03. The molecule has 0 rings (SSSR count). The molecule has 1 unspecified atom stereocenters. The van der Waals surface area contributed by atoms with Crippen LogP contribution in [0.15, 0.2) is 0 Å². The number of unbranched alkanes of at least 4 members (excludes halogenated alkanes) is 24. The Kier molecular flexibility index (Phi) is 32.2. The quantitative estimate of drug-likeness (QED) is 0.0631. The molecule has 0 aliphatic heterocycles. The molecule has 0 fully saturated rings. The van der Waals surface area contributed by atoms with Gasteiger partial charge in [-0.15, -0.1) is 0 Å². The predicted octanol–water partition coefficient (Wildman–Crippen LogP) is 12.9. The van der Waals surface area contributed by atoms with Crippen LogP contribution in [0.1, 0.15) is 213 Å². The van der Waals surface area contributed by atoms with Crippen LogP contribution < -0.4 is 0 Å². The molecule has 0 heterocycles. The molecule has 0 aromatic heterocycles. The highest BCUT2D eigenvalue weighted by Crippen LogP contribution is 2.17. The third kappa shape index (κ3) is 31.7. The summed E-state index contributed by atoms with van der Waals surface area (Å²) in [5.74, 6) is 0.937. The zero-order chi connectivity index (χ0) is 27.8. The van der Waals surface area contributed by atoms with Gasteiger partial charge in [-0.25, -0.2) is 0 Å². The van der Waals surface area contributed by atoms with Crippen molar-refractivity contribution in [3.05, 3.63) is 0 Å². The highest BCUT2D eigenvalue weighted by molar-refractivity contribution is 5.69. The summed E-state index contributed by atoms with van der Waals surface area (Å²) in [5.41, 5.74) is 0. The first-order chi connectivity index (χ1) is 18.7. The predicted molar refractivity (Wildman–Crippen MR) is 170 cm³/mol. The van der Waals surface area contributed by atoms with Crippen molar-refractivity contribution >= 4 is 5.97 Å². The Morgan fingerprint density at radius 1 is 0.447 bits per heavy atom. The van der Waals surface area contributed by atoms with Gasteiger partial charge in [-0.3, -0.25) is 4.79 Å². The van der Waals surface area contributed by atoms with E-state index >= 15 is 0 Å². The zero-order valence-corrected chi connectivity index (χ0v) is 26.8. The first-order valence-electron chi connectivity index (χ1n) is 17.9. The highest BCUT2D eigenvalue weighted by atomic mass is 16.5. The Bertz CT molecular complexity index is 447. The van der Waals surface area contributed by atoms with Crippen LogP contribution in [-0.4, -0.2) is 12.6 Å². The van der Waals surface area contributed by atoms with Gasteiger partial charge in [-0.2, -0.15) is 0 Å². The fraction of sp³-hybridized carbons (Fsp3) is 0.972. The molecule has 0 bridgehead atoms. The van der Waals surface area contributed by atoms with Gasteiger partial charge in [0.25, 0.3) is 0 Å². The van der Waals surface area contributed by atoms with Crippen molar-refractivity contribution in [3.8, 4) is 0 Å². The molecule has 2 heteroatoms. The van der Waals surface area contributed by atoms with Crippen LogP contribution in [0, 0.1) is 5.92 Å². The van der Waals surface area contributed by atoms with Crippen LogP contribution in [0.2, 0.25) is 0 Å². The Morgan fingerprint density at radius 2 is 0.816 bits per heavy atom. The minimum atomic E-state index is 0.0261. The van der Waals surface area contributed by atoms with E-state index in [0.717, 1.165) is 18.8 Å². The molecule has 0 aliphatic rings. The molecular weight excluding hydrogens is 464 g/mol. The average Bonchev–Trinajstić information content (AvgIpc) is 2.91. The molecule has 0 radical (unpaired) electrons. The lowest BCUT2D eigenvalue weighted by atomic mass is 9.98. The van der Waals surface area contributed by atoms with Crippen LogP contribution in [0.5, 0.6) is 0 Å². The van der Waals surface area contributed by atoms with Crippen molar-refractivity contribution in [2.24, 2.45) is 5.92 Å². The van der Waals surface area contributed by atoms with Crippen molar-refractivity contribution in [1.82, 2.24) is 0 Å². The molecular formula is C36H72O2. The molecule has 0 aromatic carbocycles. The Morgan fingerprint density at radius 3 is 1.24 bits per heavy atom. The summed E-state index contributed by atoms with van der Waals surface area (Å²) in [7, 11) is 0. The molecule has 1 atom stereocenters. The van der Waals surface area contributed by atoms with Crippen LogP contribution in [0.4, 0.5) is 0 Å². The number of carbonyl (C=O) groups excluding carboxylic acids is 1. The molecule has 38 heavy (non-hydrogen) atoms. The summed E-state index contributed by atoms with van der Waals surface area (Å²) in [6, 6.07) is 0. The smallest absolute Gasteiger partial charge is 0.305 e. The third-order valence-corrected chi connectivity index (χ3v) is 8.37. The van der Waals surface area contributed by atoms with E-state index < -0.39 is 0 Å². The van der Waals surface area contributed by atoms with Gasteiger partial charge >= 0.3 is 5.97 Å². The second kappa shape index (κ2) is 32.7. The van der Waals surface area contributed by atoms with Crippen molar-refractivity contribution in [1.29, 1.82) is 0 Å². The monoisotopic (exact) mass is 537 g/mol. The van der Waals surface area contributed by atoms with Crippen LogP contribution in [-0.2, 0) is 9.53 Å². The second-order valence-electron chi connectivity index (χ2n) is 12.5. The van der Waals surface area contributed by atoms with Gasteiger partial charge in [0.15, 0.2) is 0 Å². The van der Waals surface area contributed by atoms with Crippen molar-refractivity contribution in [2.75, 3.05) is 6.61 Å². The van der Waals surface area contributed by atoms with Crippen LogP contribution >= 0.6 is 0 Å². The topological polar surface area (TPSA) is 26.3 Å². The number of hydrogen-bond acceptors (Lipinski definition) is 2. The SMILES string of the molecule is CCCCCCCCCCCCCCCCCCCCCC(=O)OCCCCCCCCCC(C)CCC. The molecule has 0 saturated carbocycles. The first-order valence-corrected chi connectivity index (χ1v) is 17.9. The lowest BCUT2D eigenvalue weighted by Crippen LogP contribution is -2.05. The van der Waals surface area contributed by atoms with Gasteiger partial charge in [0.2, 0.25) is 0 Å². The number of ether oxygens (including phenoxy) is 1. The summed E-state index contributed by atoms with van der Waals surface area (Å²) >= 11 is 0. The van der Waals surface area contributed by atoms with E-state index in [9.17, 15) is 4.79 Å². The lowest BCUT2D eigenvalue weighted by molar-refractivity contribution is -0.143.